The number of ether oxygens (including phenoxy) is 1. The summed E-state index contributed by atoms with van der Waals surface area (Å²) in [6.07, 6.45) is 1.65. The SMILES string of the molecule is COC(=O)Cc1cc(=O)[nH]c(SCc2cc(=O)n3cc(C)ccc3n2)n1. The second kappa shape index (κ2) is 7.52. The molecule has 0 saturated carbocycles. The number of aromatic amines is 1. The van der Waals surface area contributed by atoms with E-state index < -0.39 is 5.97 Å². The third kappa shape index (κ3) is 4.17. The first-order valence-corrected chi connectivity index (χ1v) is 8.72. The van der Waals surface area contributed by atoms with Crippen molar-refractivity contribution in [1.82, 2.24) is 19.4 Å². The molecule has 1 N–H and O–H groups in total. The van der Waals surface area contributed by atoms with Crippen molar-refractivity contribution < 1.29 is 9.53 Å². The molecule has 0 bridgehead atoms. The van der Waals surface area contributed by atoms with E-state index in [0.29, 0.717) is 27.9 Å². The van der Waals surface area contributed by atoms with Gasteiger partial charge < -0.3 is 9.72 Å². The smallest absolute Gasteiger partial charge is 0.311 e. The van der Waals surface area contributed by atoms with Crippen LogP contribution in [0, 0.1) is 6.92 Å². The molecule has 9 heteroatoms. The predicted octanol–water partition coefficient (Wildman–Crippen LogP) is 1.09. The predicted molar refractivity (Wildman–Crippen MR) is 96.3 cm³/mol. The summed E-state index contributed by atoms with van der Waals surface area (Å²) < 4.78 is 6.07. The number of carbonyl (C=O) groups excluding carboxylic acids is 1. The van der Waals surface area contributed by atoms with Gasteiger partial charge in [-0.05, 0) is 18.6 Å². The molecule has 3 rings (SSSR count). The van der Waals surface area contributed by atoms with Crippen LogP contribution in [0.1, 0.15) is 17.0 Å². The molecule has 26 heavy (non-hydrogen) atoms. The fourth-order valence-corrected chi connectivity index (χ4v) is 3.12. The number of fused-ring (bicyclic) bond motifs is 1. The van der Waals surface area contributed by atoms with E-state index in [1.807, 2.05) is 13.0 Å². The molecule has 3 aromatic heterocycles. The van der Waals surface area contributed by atoms with Gasteiger partial charge in [-0.25, -0.2) is 9.97 Å². The van der Waals surface area contributed by atoms with Gasteiger partial charge in [-0.3, -0.25) is 18.8 Å². The Bertz CT molecular complexity index is 1090. The standard InChI is InChI=1S/C17H16N4O4S/c1-10-3-4-13-18-12(6-15(23)21(13)8-10)9-26-17-19-11(5-14(22)20-17)7-16(24)25-2/h3-6,8H,7,9H2,1-2H3,(H,19,20,22). The molecule has 0 aliphatic rings. The third-order valence-corrected chi connectivity index (χ3v) is 4.45. The Labute approximate surface area is 152 Å². The van der Waals surface area contributed by atoms with Crippen molar-refractivity contribution in [3.63, 3.8) is 0 Å². The van der Waals surface area contributed by atoms with E-state index in [-0.39, 0.29) is 17.5 Å². The van der Waals surface area contributed by atoms with Crippen molar-refractivity contribution in [3.05, 3.63) is 68.1 Å². The monoisotopic (exact) mass is 372 g/mol. The quantitative estimate of drug-likeness (QED) is 0.406. The zero-order valence-electron chi connectivity index (χ0n) is 14.2. The topological polar surface area (TPSA) is 106 Å². The number of rotatable bonds is 5. The number of aryl methyl sites for hydroxylation is 1. The number of aromatic nitrogens is 4. The Morgan fingerprint density at radius 2 is 2.04 bits per heavy atom. The lowest BCUT2D eigenvalue weighted by Crippen LogP contribution is -2.16. The zero-order valence-corrected chi connectivity index (χ0v) is 15.0. The highest BCUT2D eigenvalue weighted by atomic mass is 32.2. The van der Waals surface area contributed by atoms with Crippen molar-refractivity contribution in [2.24, 2.45) is 0 Å². The van der Waals surface area contributed by atoms with E-state index in [1.165, 1.54) is 35.4 Å². The fraction of sp³-hybridized carbons (Fsp3) is 0.235. The summed E-state index contributed by atoms with van der Waals surface area (Å²) in [7, 11) is 1.27. The van der Waals surface area contributed by atoms with Crippen molar-refractivity contribution >= 4 is 23.4 Å². The van der Waals surface area contributed by atoms with Crippen LogP contribution < -0.4 is 11.1 Å². The molecular formula is C17H16N4O4S. The molecule has 0 aliphatic heterocycles. The van der Waals surface area contributed by atoms with E-state index in [9.17, 15) is 14.4 Å². The summed E-state index contributed by atoms with van der Waals surface area (Å²) in [5, 5.41) is 0.349. The van der Waals surface area contributed by atoms with Gasteiger partial charge in [-0.1, -0.05) is 17.8 Å². The summed E-state index contributed by atoms with van der Waals surface area (Å²) in [5.41, 5.74) is 1.89. The minimum absolute atomic E-state index is 0.0805. The van der Waals surface area contributed by atoms with Gasteiger partial charge in [-0.2, -0.15) is 0 Å². The molecule has 0 saturated heterocycles. The first-order chi connectivity index (χ1) is 12.4. The zero-order chi connectivity index (χ0) is 18.7. The van der Waals surface area contributed by atoms with E-state index >= 15 is 0 Å². The van der Waals surface area contributed by atoms with Gasteiger partial charge in [0.2, 0.25) is 0 Å². The number of nitrogens with one attached hydrogen (secondary N) is 1. The molecule has 8 nitrogen and oxygen atoms in total. The number of hydrogen-bond acceptors (Lipinski definition) is 7. The second-order valence-electron chi connectivity index (χ2n) is 5.60. The Hall–Kier alpha value is -2.94. The van der Waals surface area contributed by atoms with Crippen LogP contribution in [-0.2, 0) is 21.7 Å². The Kier molecular flexibility index (Phi) is 5.17. The van der Waals surface area contributed by atoms with E-state index in [4.69, 9.17) is 0 Å². The van der Waals surface area contributed by atoms with Crippen molar-refractivity contribution in [2.75, 3.05) is 7.11 Å². The molecule has 0 spiro atoms. The highest BCUT2D eigenvalue weighted by Crippen LogP contribution is 2.17. The van der Waals surface area contributed by atoms with Gasteiger partial charge in [0.05, 0.1) is 24.9 Å². The lowest BCUT2D eigenvalue weighted by molar-refractivity contribution is -0.139. The number of hydrogen-bond donors (Lipinski definition) is 1. The average Bonchev–Trinajstić information content (AvgIpc) is 2.60. The molecule has 0 unspecified atom stereocenters. The molecule has 0 aliphatic carbocycles. The Balaban J connectivity index is 1.82. The van der Waals surface area contributed by atoms with Crippen molar-refractivity contribution in [2.45, 2.75) is 24.3 Å². The van der Waals surface area contributed by atoms with Gasteiger partial charge >= 0.3 is 5.97 Å². The summed E-state index contributed by atoms with van der Waals surface area (Å²) in [6.45, 7) is 1.90. The minimum atomic E-state index is -0.474. The molecule has 0 atom stereocenters. The molecule has 134 valence electrons. The average molecular weight is 372 g/mol. The van der Waals surface area contributed by atoms with Crippen LogP contribution in [0.4, 0.5) is 0 Å². The van der Waals surface area contributed by atoms with Crippen LogP contribution in [0.2, 0.25) is 0 Å². The maximum atomic E-state index is 12.2. The van der Waals surface area contributed by atoms with Crippen LogP contribution in [0.5, 0.6) is 0 Å². The highest BCUT2D eigenvalue weighted by molar-refractivity contribution is 7.98. The number of methoxy groups -OCH3 is 1. The van der Waals surface area contributed by atoms with Crippen LogP contribution in [-0.4, -0.2) is 32.4 Å². The minimum Gasteiger partial charge on any atom is -0.469 e. The van der Waals surface area contributed by atoms with Gasteiger partial charge in [0, 0.05) is 24.1 Å². The number of carbonyl (C=O) groups is 1. The highest BCUT2D eigenvalue weighted by Gasteiger charge is 2.09. The summed E-state index contributed by atoms with van der Waals surface area (Å²) >= 11 is 1.23. The van der Waals surface area contributed by atoms with Gasteiger partial charge in [0.1, 0.15) is 5.65 Å². The molecule has 3 aromatic rings. The lowest BCUT2D eigenvalue weighted by Gasteiger charge is -2.06. The molecule has 3 heterocycles. The third-order valence-electron chi connectivity index (χ3n) is 3.54. The number of pyridine rings is 1. The Morgan fingerprint density at radius 1 is 1.23 bits per heavy atom. The second-order valence-corrected chi connectivity index (χ2v) is 6.57. The number of thioether (sulfide) groups is 1. The van der Waals surface area contributed by atoms with E-state index in [2.05, 4.69) is 19.7 Å². The van der Waals surface area contributed by atoms with Crippen LogP contribution in [0.3, 0.4) is 0 Å². The summed E-state index contributed by atoms with van der Waals surface area (Å²) in [4.78, 5) is 46.6. The number of H-pyrrole nitrogens is 1. The maximum Gasteiger partial charge on any atom is 0.311 e. The fourth-order valence-electron chi connectivity index (χ4n) is 2.34. The van der Waals surface area contributed by atoms with Gasteiger partial charge in [0.15, 0.2) is 5.16 Å². The number of esters is 1. The first-order valence-electron chi connectivity index (χ1n) is 7.73. The summed E-state index contributed by atoms with van der Waals surface area (Å²) in [6, 6.07) is 6.37. The molecule has 0 fully saturated rings. The normalized spacial score (nSPS) is 10.8. The molecule has 0 aromatic carbocycles. The van der Waals surface area contributed by atoms with Crippen LogP contribution >= 0.6 is 11.8 Å². The first kappa shape index (κ1) is 17.9. The molecular weight excluding hydrogens is 356 g/mol. The largest absolute Gasteiger partial charge is 0.469 e. The Morgan fingerprint density at radius 3 is 2.81 bits per heavy atom. The van der Waals surface area contributed by atoms with Crippen molar-refractivity contribution in [1.29, 1.82) is 0 Å². The summed E-state index contributed by atoms with van der Waals surface area (Å²) in [5.74, 6) is -0.122. The van der Waals surface area contributed by atoms with Gasteiger partial charge in [-0.15, -0.1) is 0 Å². The molecule has 0 amide bonds. The van der Waals surface area contributed by atoms with E-state index in [0.717, 1.165) is 5.56 Å². The lowest BCUT2D eigenvalue weighted by atomic mass is 10.3. The number of nitrogens with zero attached hydrogens (tertiary/aromatic N) is 3. The molecule has 0 radical (unpaired) electrons. The van der Waals surface area contributed by atoms with Crippen LogP contribution in [0.15, 0.2) is 45.2 Å². The van der Waals surface area contributed by atoms with Crippen molar-refractivity contribution in [3.8, 4) is 0 Å². The van der Waals surface area contributed by atoms with Crippen LogP contribution in [0.25, 0.3) is 5.65 Å². The van der Waals surface area contributed by atoms with Gasteiger partial charge in [0.25, 0.3) is 11.1 Å². The maximum absolute atomic E-state index is 12.2. The van der Waals surface area contributed by atoms with E-state index in [1.54, 1.807) is 12.3 Å².